The molecule has 0 atom stereocenters. The van der Waals surface area contributed by atoms with Gasteiger partial charge in [0.15, 0.2) is 0 Å². The van der Waals surface area contributed by atoms with Crippen LogP contribution in [0.4, 0.5) is 11.4 Å². The quantitative estimate of drug-likeness (QED) is 0.505. The Morgan fingerprint density at radius 3 is 1.13 bits per heavy atom. The summed E-state index contributed by atoms with van der Waals surface area (Å²) in [5.74, 6) is -0.177. The van der Waals surface area contributed by atoms with Crippen molar-refractivity contribution in [2.45, 2.75) is 0 Å². The minimum absolute atomic E-state index is 0. The Morgan fingerprint density at radius 1 is 0.645 bits per heavy atom. The summed E-state index contributed by atoms with van der Waals surface area (Å²) in [5.41, 5.74) is -0.194. The summed E-state index contributed by atoms with van der Waals surface area (Å²) >= 11 is 0. The maximum atomic E-state index is 10.0. The van der Waals surface area contributed by atoms with Crippen LogP contribution in [-0.2, 0) is 0 Å². The van der Waals surface area contributed by atoms with E-state index < -0.39 is 9.85 Å². The third-order valence-electron chi connectivity index (χ3n) is 4.48. The van der Waals surface area contributed by atoms with E-state index in [-0.39, 0.29) is 28.3 Å². The molecule has 2 aromatic carbocycles. The molecule has 0 aliphatic carbocycles. The molecule has 4 fully saturated rings. The summed E-state index contributed by atoms with van der Waals surface area (Å²) in [4.78, 5) is 28.9. The molecule has 2 aromatic rings. The van der Waals surface area contributed by atoms with E-state index in [2.05, 4.69) is 19.6 Å². The van der Waals surface area contributed by atoms with Crippen LogP contribution >= 0.6 is 0 Å². The Balaban J connectivity index is 0.000000163. The number of nitro benzene ring substituents is 2. The van der Waals surface area contributed by atoms with Crippen LogP contribution in [0.3, 0.4) is 0 Å². The normalized spacial score (nSPS) is 24.5. The smallest absolute Gasteiger partial charge is 0.273 e. The van der Waals surface area contributed by atoms with Crippen LogP contribution in [0.2, 0.25) is 0 Å². The Kier molecular flexibility index (Phi) is 8.18. The maximum Gasteiger partial charge on any atom is 0.273 e. The maximum absolute atomic E-state index is 10.0. The molecule has 0 spiro atoms. The van der Waals surface area contributed by atoms with Crippen molar-refractivity contribution >= 4 is 11.4 Å². The van der Waals surface area contributed by atoms with Gasteiger partial charge < -0.3 is 15.7 Å². The first-order chi connectivity index (χ1) is 14.3. The van der Waals surface area contributed by atoms with Gasteiger partial charge in [-0.05, 0) is 12.1 Å². The third kappa shape index (κ3) is 6.84. The van der Waals surface area contributed by atoms with Crippen molar-refractivity contribution < 1.29 is 25.5 Å². The summed E-state index contributed by atoms with van der Waals surface area (Å²) in [7, 11) is 0. The fourth-order valence-electron chi connectivity index (χ4n) is 3.45. The van der Waals surface area contributed by atoms with Crippen LogP contribution in [0.15, 0.2) is 48.5 Å². The monoisotopic (exact) mass is 436 g/mol. The van der Waals surface area contributed by atoms with Crippen LogP contribution in [0.5, 0.6) is 11.5 Å². The minimum Gasteiger partial charge on any atom is -0.508 e. The zero-order valence-corrected chi connectivity index (χ0v) is 16.6. The molecule has 0 amide bonds. The van der Waals surface area contributed by atoms with Gasteiger partial charge in [-0.1, -0.05) is 12.1 Å². The highest BCUT2D eigenvalue weighted by atomic mass is 16.6. The van der Waals surface area contributed by atoms with Gasteiger partial charge >= 0.3 is 0 Å². The molecule has 0 radical (unpaired) electrons. The van der Waals surface area contributed by atoms with E-state index in [1.807, 2.05) is 0 Å². The van der Waals surface area contributed by atoms with Gasteiger partial charge in [0.25, 0.3) is 11.4 Å². The largest absolute Gasteiger partial charge is 0.508 e. The van der Waals surface area contributed by atoms with Gasteiger partial charge in [0.2, 0.25) is 0 Å². The van der Waals surface area contributed by atoms with Crippen LogP contribution in [0, 0.1) is 20.2 Å². The van der Waals surface area contributed by atoms with Crippen molar-refractivity contribution in [1.82, 2.24) is 19.6 Å². The van der Waals surface area contributed by atoms with Crippen LogP contribution < -0.4 is 0 Å². The molecule has 4 N–H and O–H groups in total. The molecule has 4 heterocycles. The second-order valence-corrected chi connectivity index (χ2v) is 7.09. The topological polar surface area (TPSA) is 171 Å². The van der Waals surface area contributed by atoms with Crippen molar-refractivity contribution in [1.29, 1.82) is 0 Å². The summed E-state index contributed by atoms with van der Waals surface area (Å²) in [5, 5.41) is 37.6. The third-order valence-corrected chi connectivity index (χ3v) is 4.48. The molecule has 4 aliphatic heterocycles. The Morgan fingerprint density at radius 2 is 0.935 bits per heavy atom. The van der Waals surface area contributed by atoms with E-state index in [4.69, 9.17) is 10.2 Å². The second kappa shape index (κ2) is 10.6. The predicted molar refractivity (Wildman–Crippen MR) is 110 cm³/mol. The van der Waals surface area contributed by atoms with Crippen molar-refractivity contribution in [3.8, 4) is 11.5 Å². The average Bonchev–Trinajstić information content (AvgIpc) is 2.68. The summed E-state index contributed by atoms with van der Waals surface area (Å²) in [6, 6.07) is 10.4. The first kappa shape index (κ1) is 23.9. The highest BCUT2D eigenvalue weighted by molar-refractivity contribution is 5.37. The Bertz CT molecular complexity index is 800. The summed E-state index contributed by atoms with van der Waals surface area (Å²) < 4.78 is 0. The van der Waals surface area contributed by atoms with E-state index in [1.165, 1.54) is 76.4 Å². The van der Waals surface area contributed by atoms with Crippen LogP contribution in [-0.4, -0.2) is 85.1 Å². The number of nitro groups is 2. The molecule has 4 saturated heterocycles. The zero-order valence-electron chi connectivity index (χ0n) is 16.6. The molecule has 168 valence electrons. The standard InChI is InChI=1S/C6H12N4.2C6H5NO3.H2O/c1-7-2-9-4-8(1)5-10(3-7)6-9;2*8-6-3-1-2-5(4-6)7(9)10;/h1-6H2;2*1-4,8H;1H2. The molecule has 4 aliphatic rings. The number of non-ortho nitro benzene ring substituents is 2. The van der Waals surface area contributed by atoms with E-state index in [1.54, 1.807) is 0 Å². The zero-order chi connectivity index (χ0) is 21.7. The van der Waals surface area contributed by atoms with Crippen molar-refractivity contribution in [3.63, 3.8) is 0 Å². The highest BCUT2D eigenvalue weighted by Crippen LogP contribution is 2.20. The lowest BCUT2D eigenvalue weighted by molar-refractivity contribution is -0.385. The molecule has 13 nitrogen and oxygen atoms in total. The first-order valence-corrected chi connectivity index (χ1v) is 9.06. The van der Waals surface area contributed by atoms with Gasteiger partial charge in [-0.2, -0.15) is 0 Å². The van der Waals surface area contributed by atoms with Crippen LogP contribution in [0.25, 0.3) is 0 Å². The molecule has 6 rings (SSSR count). The Hall–Kier alpha value is -3.36. The Labute approximate surface area is 177 Å². The van der Waals surface area contributed by atoms with E-state index in [0.717, 1.165) is 12.1 Å². The predicted octanol–water partition coefficient (Wildman–Crippen LogP) is 0.756. The van der Waals surface area contributed by atoms with Crippen molar-refractivity contribution in [3.05, 3.63) is 68.8 Å². The average molecular weight is 436 g/mol. The molecule has 0 saturated carbocycles. The molecule has 4 bridgehead atoms. The number of hydrogen-bond donors (Lipinski definition) is 2. The minimum atomic E-state index is -0.556. The molecular weight excluding hydrogens is 412 g/mol. The number of phenolic OH excluding ortho intramolecular Hbond substituents is 2. The van der Waals surface area contributed by atoms with Gasteiger partial charge in [0.05, 0.1) is 62.0 Å². The van der Waals surface area contributed by atoms with Gasteiger partial charge in [0, 0.05) is 12.1 Å². The van der Waals surface area contributed by atoms with Crippen molar-refractivity contribution in [2.75, 3.05) is 40.0 Å². The van der Waals surface area contributed by atoms with Crippen LogP contribution in [0.1, 0.15) is 0 Å². The number of benzene rings is 2. The second-order valence-electron chi connectivity index (χ2n) is 7.09. The SMILES string of the molecule is C1N2CN3CN1CN(C2)C3.O.O=[N+]([O-])c1cccc(O)c1.O=[N+]([O-])c1cccc(O)c1. The number of phenols is 2. The van der Waals surface area contributed by atoms with Gasteiger partial charge in [-0.25, -0.2) is 0 Å². The van der Waals surface area contributed by atoms with Gasteiger partial charge in [0.1, 0.15) is 11.5 Å². The van der Waals surface area contributed by atoms with E-state index >= 15 is 0 Å². The first-order valence-electron chi connectivity index (χ1n) is 9.06. The lowest BCUT2D eigenvalue weighted by Crippen LogP contribution is -2.71. The molecular formula is C18H24N6O7. The molecule has 0 aromatic heterocycles. The number of hydrogen-bond acceptors (Lipinski definition) is 10. The molecule has 31 heavy (non-hydrogen) atoms. The van der Waals surface area contributed by atoms with E-state index in [0.29, 0.717) is 0 Å². The molecule has 0 unspecified atom stereocenters. The lowest BCUT2D eigenvalue weighted by Gasteiger charge is -2.56. The van der Waals surface area contributed by atoms with E-state index in [9.17, 15) is 20.2 Å². The number of aromatic hydroxyl groups is 2. The fourth-order valence-corrected chi connectivity index (χ4v) is 3.45. The van der Waals surface area contributed by atoms with Gasteiger partial charge in [-0.3, -0.25) is 39.8 Å². The van der Waals surface area contributed by atoms with Gasteiger partial charge in [-0.15, -0.1) is 0 Å². The summed E-state index contributed by atoms with van der Waals surface area (Å²) in [6.45, 7) is 7.12. The highest BCUT2D eigenvalue weighted by Gasteiger charge is 2.36. The lowest BCUT2D eigenvalue weighted by atomic mass is 10.3. The molecule has 13 heteroatoms. The number of nitrogens with zero attached hydrogens (tertiary/aromatic N) is 6. The number of rotatable bonds is 2. The summed E-state index contributed by atoms with van der Waals surface area (Å²) in [6.07, 6.45) is 0. The fraction of sp³-hybridized carbons (Fsp3) is 0.333. The van der Waals surface area contributed by atoms with Crippen molar-refractivity contribution in [2.24, 2.45) is 0 Å².